The predicted molar refractivity (Wildman–Crippen MR) is 34.4 cm³/mol. The molecule has 0 aliphatic rings. The maximum atomic E-state index is 8.22. The highest BCUT2D eigenvalue weighted by atomic mass is 16.4. The highest BCUT2D eigenvalue weighted by Crippen LogP contribution is 1.87. The minimum Gasteiger partial charge on any atom is -0.411 e. The molecule has 9 heavy (non-hydrogen) atoms. The van der Waals surface area contributed by atoms with Crippen LogP contribution in [0.25, 0.3) is 0 Å². The third kappa shape index (κ3) is 2.12. The molecule has 0 bridgehead atoms. The first-order valence-corrected chi connectivity index (χ1v) is 2.66. The molecule has 0 amide bonds. The lowest BCUT2D eigenvalue weighted by atomic mass is 10.2. The lowest BCUT2D eigenvalue weighted by Gasteiger charge is -1.94. The fourth-order valence-electron chi connectivity index (χ4n) is 0.457. The number of hydrogen-bond donors (Lipinski definition) is 2. The molecule has 0 atom stereocenters. The zero-order chi connectivity index (χ0) is 7.28. The van der Waals surface area contributed by atoms with Gasteiger partial charge in [0.2, 0.25) is 0 Å². The Hall–Kier alpha value is -1.06. The van der Waals surface area contributed by atoms with E-state index in [1.807, 2.05) is 6.92 Å². The quantitative estimate of drug-likeness (QED) is 0.333. The molecule has 52 valence electrons. The maximum absolute atomic E-state index is 8.22. The van der Waals surface area contributed by atoms with E-state index in [1.54, 1.807) is 6.92 Å². The molecule has 0 unspecified atom stereocenters. The van der Waals surface area contributed by atoms with Crippen LogP contribution < -0.4 is 0 Å². The second-order valence-corrected chi connectivity index (χ2v) is 1.59. The van der Waals surface area contributed by atoms with Crippen LogP contribution in [-0.4, -0.2) is 21.8 Å². The first kappa shape index (κ1) is 7.94. The molecule has 0 heterocycles. The van der Waals surface area contributed by atoms with Gasteiger partial charge < -0.3 is 10.4 Å². The highest BCUT2D eigenvalue weighted by Gasteiger charge is 1.99. The molecule has 0 fully saturated rings. The van der Waals surface area contributed by atoms with Gasteiger partial charge in [-0.2, -0.15) is 0 Å². The van der Waals surface area contributed by atoms with Gasteiger partial charge in [0.25, 0.3) is 0 Å². The second kappa shape index (κ2) is 3.88. The summed E-state index contributed by atoms with van der Waals surface area (Å²) < 4.78 is 0. The monoisotopic (exact) mass is 130 g/mol. The van der Waals surface area contributed by atoms with E-state index in [-0.39, 0.29) is 0 Å². The number of hydrogen-bond acceptors (Lipinski definition) is 4. The maximum Gasteiger partial charge on any atom is 0.104 e. The van der Waals surface area contributed by atoms with Crippen molar-refractivity contribution in [3.8, 4) is 0 Å². The number of nitrogens with zero attached hydrogens (tertiary/aromatic N) is 2. The molecule has 0 aliphatic heterocycles. The summed E-state index contributed by atoms with van der Waals surface area (Å²) >= 11 is 0. The number of rotatable bonds is 2. The Kier molecular flexibility index (Phi) is 3.43. The van der Waals surface area contributed by atoms with Crippen LogP contribution in [0.2, 0.25) is 0 Å². The average Bonchev–Trinajstić information content (AvgIpc) is 1.90. The molecular weight excluding hydrogens is 120 g/mol. The standard InChI is InChI=1S/C5H10N2O2/c1-3-5(7-9)4(2)6-8/h8-9H,3H2,1-2H3/b6-4+,7-5-. The lowest BCUT2D eigenvalue weighted by Crippen LogP contribution is -2.08. The normalized spacial score (nSPS) is 14.0. The molecule has 4 heteroatoms. The van der Waals surface area contributed by atoms with E-state index < -0.39 is 0 Å². The van der Waals surface area contributed by atoms with E-state index in [2.05, 4.69) is 10.3 Å². The van der Waals surface area contributed by atoms with Gasteiger partial charge in [-0.25, -0.2) is 0 Å². The van der Waals surface area contributed by atoms with Crippen molar-refractivity contribution in [3.63, 3.8) is 0 Å². The van der Waals surface area contributed by atoms with Crippen LogP contribution in [0.4, 0.5) is 0 Å². The Labute approximate surface area is 53.5 Å². The summed E-state index contributed by atoms with van der Waals surface area (Å²) in [6.45, 7) is 3.38. The Morgan fingerprint density at radius 2 is 1.89 bits per heavy atom. The Balaban J connectivity index is 4.14. The minimum atomic E-state index is 0.347. The SMILES string of the molecule is CCC(=N/O)/C(C)=N/O. The second-order valence-electron chi connectivity index (χ2n) is 1.59. The van der Waals surface area contributed by atoms with Crippen LogP contribution >= 0.6 is 0 Å². The van der Waals surface area contributed by atoms with Crippen molar-refractivity contribution in [3.05, 3.63) is 0 Å². The van der Waals surface area contributed by atoms with Gasteiger partial charge in [-0.05, 0) is 13.3 Å². The topological polar surface area (TPSA) is 65.2 Å². The number of oxime groups is 2. The van der Waals surface area contributed by atoms with Gasteiger partial charge in [0.05, 0.1) is 0 Å². The molecule has 0 saturated heterocycles. The predicted octanol–water partition coefficient (Wildman–Crippen LogP) is 1.08. The van der Waals surface area contributed by atoms with Gasteiger partial charge in [-0.15, -0.1) is 0 Å². The molecule has 0 aliphatic carbocycles. The van der Waals surface area contributed by atoms with Gasteiger partial charge in [0.1, 0.15) is 11.4 Å². The van der Waals surface area contributed by atoms with E-state index >= 15 is 0 Å². The molecule has 0 aromatic carbocycles. The molecule has 4 nitrogen and oxygen atoms in total. The first-order valence-electron chi connectivity index (χ1n) is 2.66. The summed E-state index contributed by atoms with van der Waals surface area (Å²) in [5, 5.41) is 22.1. The highest BCUT2D eigenvalue weighted by molar-refractivity contribution is 6.41. The Morgan fingerprint density at radius 1 is 1.33 bits per heavy atom. The third-order valence-electron chi connectivity index (χ3n) is 1.02. The largest absolute Gasteiger partial charge is 0.411 e. The summed E-state index contributed by atoms with van der Waals surface area (Å²) in [6, 6.07) is 0. The van der Waals surface area contributed by atoms with Crippen LogP contribution in [-0.2, 0) is 0 Å². The third-order valence-corrected chi connectivity index (χ3v) is 1.02. The zero-order valence-corrected chi connectivity index (χ0v) is 5.50. The molecular formula is C5H10N2O2. The first-order chi connectivity index (χ1) is 4.26. The molecule has 2 N–H and O–H groups in total. The van der Waals surface area contributed by atoms with E-state index in [4.69, 9.17) is 10.4 Å². The van der Waals surface area contributed by atoms with Crippen LogP contribution in [0.15, 0.2) is 10.3 Å². The van der Waals surface area contributed by atoms with Crippen molar-refractivity contribution in [2.75, 3.05) is 0 Å². The fraction of sp³-hybridized carbons (Fsp3) is 0.600. The van der Waals surface area contributed by atoms with Crippen molar-refractivity contribution < 1.29 is 10.4 Å². The molecule has 0 rings (SSSR count). The van der Waals surface area contributed by atoms with Crippen molar-refractivity contribution in [1.29, 1.82) is 0 Å². The van der Waals surface area contributed by atoms with Crippen LogP contribution in [0.1, 0.15) is 20.3 Å². The summed E-state index contributed by atoms with van der Waals surface area (Å²) in [4.78, 5) is 0. The van der Waals surface area contributed by atoms with Gasteiger partial charge in [-0.1, -0.05) is 17.2 Å². The lowest BCUT2D eigenvalue weighted by molar-refractivity contribution is 0.313. The van der Waals surface area contributed by atoms with E-state index in [0.29, 0.717) is 17.8 Å². The smallest absolute Gasteiger partial charge is 0.104 e. The Morgan fingerprint density at radius 3 is 2.00 bits per heavy atom. The van der Waals surface area contributed by atoms with Crippen LogP contribution in [0.3, 0.4) is 0 Å². The minimum absolute atomic E-state index is 0.347. The molecule has 0 radical (unpaired) electrons. The van der Waals surface area contributed by atoms with Crippen LogP contribution in [0, 0.1) is 0 Å². The molecule has 0 aromatic heterocycles. The molecule has 0 spiro atoms. The van der Waals surface area contributed by atoms with Crippen molar-refractivity contribution in [1.82, 2.24) is 0 Å². The summed E-state index contributed by atoms with van der Waals surface area (Å²) in [5.41, 5.74) is 0.748. The van der Waals surface area contributed by atoms with Gasteiger partial charge in [0.15, 0.2) is 0 Å². The zero-order valence-electron chi connectivity index (χ0n) is 5.50. The van der Waals surface area contributed by atoms with Crippen LogP contribution in [0.5, 0.6) is 0 Å². The van der Waals surface area contributed by atoms with Crippen molar-refractivity contribution in [2.24, 2.45) is 10.3 Å². The summed E-state index contributed by atoms with van der Waals surface area (Å²) in [6.07, 6.45) is 0.562. The summed E-state index contributed by atoms with van der Waals surface area (Å²) in [7, 11) is 0. The van der Waals surface area contributed by atoms with E-state index in [9.17, 15) is 0 Å². The van der Waals surface area contributed by atoms with Gasteiger partial charge in [0, 0.05) is 0 Å². The summed E-state index contributed by atoms with van der Waals surface area (Å²) in [5.74, 6) is 0. The van der Waals surface area contributed by atoms with Crippen molar-refractivity contribution >= 4 is 11.4 Å². The van der Waals surface area contributed by atoms with E-state index in [0.717, 1.165) is 0 Å². The molecule has 0 aromatic rings. The fourth-order valence-corrected chi connectivity index (χ4v) is 0.457. The van der Waals surface area contributed by atoms with Crippen molar-refractivity contribution in [2.45, 2.75) is 20.3 Å². The average molecular weight is 130 g/mol. The Bertz CT molecular complexity index is 140. The molecule has 0 saturated carbocycles. The van der Waals surface area contributed by atoms with Gasteiger partial charge >= 0.3 is 0 Å². The van der Waals surface area contributed by atoms with Gasteiger partial charge in [-0.3, -0.25) is 0 Å². The van der Waals surface area contributed by atoms with E-state index in [1.165, 1.54) is 0 Å².